The Hall–Kier alpha value is -2.28. The van der Waals surface area contributed by atoms with E-state index in [2.05, 4.69) is 26.0 Å². The molecule has 0 unspecified atom stereocenters. The van der Waals surface area contributed by atoms with E-state index in [0.29, 0.717) is 11.6 Å². The van der Waals surface area contributed by atoms with Gasteiger partial charge in [-0.15, -0.1) is 0 Å². The van der Waals surface area contributed by atoms with Gasteiger partial charge in [0.15, 0.2) is 0 Å². The van der Waals surface area contributed by atoms with Gasteiger partial charge in [0.1, 0.15) is 11.1 Å². The summed E-state index contributed by atoms with van der Waals surface area (Å²) < 4.78 is 7.62. The van der Waals surface area contributed by atoms with Gasteiger partial charge in [-0.05, 0) is 61.7 Å². The largest absolute Gasteiger partial charge is 0.442 e. The average Bonchev–Trinajstić information content (AvgIpc) is 3.31. The zero-order chi connectivity index (χ0) is 18.5. The molecule has 0 N–H and O–H groups in total. The molecule has 1 aliphatic carbocycles. The number of para-hydroxylation sites is 1. The lowest BCUT2D eigenvalue weighted by Gasteiger charge is -2.18. The minimum Gasteiger partial charge on any atom is -0.442 e. The van der Waals surface area contributed by atoms with Gasteiger partial charge >= 0.3 is 6.09 Å². The van der Waals surface area contributed by atoms with Crippen LogP contribution in [0.2, 0.25) is 0 Å². The molecular formula is C19H19BrN4O2. The number of carbonyl (C=O) groups is 1. The third-order valence-electron chi connectivity index (χ3n) is 4.09. The van der Waals surface area contributed by atoms with E-state index in [4.69, 9.17) is 9.72 Å². The lowest BCUT2D eigenvalue weighted by atomic mass is 10.1. The number of aromatic nitrogens is 4. The van der Waals surface area contributed by atoms with Crippen molar-refractivity contribution in [2.75, 3.05) is 0 Å². The number of benzene rings is 1. The first-order valence-corrected chi connectivity index (χ1v) is 9.36. The highest BCUT2D eigenvalue weighted by molar-refractivity contribution is 9.10. The van der Waals surface area contributed by atoms with Crippen LogP contribution < -0.4 is 0 Å². The molecule has 3 aromatic rings. The van der Waals surface area contributed by atoms with E-state index < -0.39 is 11.7 Å². The Balaban J connectivity index is 1.77. The standard InChI is InChI=1S/C19H19BrN4O2/c1-19(2,3)26-18(25)24-10-12(16(23-24)11-7-8-11)15-9-21-17-13(20)5-4-6-14(17)22-15/h4-6,9-11H,7-8H2,1-3H3. The molecule has 0 saturated heterocycles. The summed E-state index contributed by atoms with van der Waals surface area (Å²) in [6, 6.07) is 5.79. The van der Waals surface area contributed by atoms with Crippen LogP contribution >= 0.6 is 15.9 Å². The van der Waals surface area contributed by atoms with Crippen LogP contribution in [0.5, 0.6) is 0 Å². The summed E-state index contributed by atoms with van der Waals surface area (Å²) in [5.41, 5.74) is 3.48. The van der Waals surface area contributed by atoms with Crippen LogP contribution in [0.3, 0.4) is 0 Å². The third-order valence-corrected chi connectivity index (χ3v) is 4.73. The number of ether oxygens (including phenoxy) is 1. The minimum absolute atomic E-state index is 0.369. The van der Waals surface area contributed by atoms with Gasteiger partial charge in [0.2, 0.25) is 0 Å². The molecule has 0 amide bonds. The van der Waals surface area contributed by atoms with Gasteiger partial charge in [-0.2, -0.15) is 9.78 Å². The maximum absolute atomic E-state index is 12.4. The predicted octanol–water partition coefficient (Wildman–Crippen LogP) is 4.92. The lowest BCUT2D eigenvalue weighted by molar-refractivity contribution is 0.0514. The summed E-state index contributed by atoms with van der Waals surface area (Å²) >= 11 is 3.50. The lowest BCUT2D eigenvalue weighted by Crippen LogP contribution is -2.27. The number of halogens is 1. The molecule has 0 bridgehead atoms. The van der Waals surface area contributed by atoms with E-state index in [-0.39, 0.29) is 0 Å². The van der Waals surface area contributed by atoms with E-state index >= 15 is 0 Å². The molecule has 1 aliphatic rings. The fourth-order valence-electron chi connectivity index (χ4n) is 2.78. The zero-order valence-corrected chi connectivity index (χ0v) is 16.4. The van der Waals surface area contributed by atoms with Crippen molar-refractivity contribution >= 4 is 33.1 Å². The molecule has 26 heavy (non-hydrogen) atoms. The van der Waals surface area contributed by atoms with Crippen molar-refractivity contribution in [3.63, 3.8) is 0 Å². The molecule has 6 nitrogen and oxygen atoms in total. The molecule has 0 atom stereocenters. The SMILES string of the molecule is CC(C)(C)OC(=O)n1cc(-c2cnc3c(Br)cccc3n2)c(C2CC2)n1. The van der Waals surface area contributed by atoms with Crippen LogP contribution in [0.25, 0.3) is 22.3 Å². The van der Waals surface area contributed by atoms with E-state index in [1.54, 1.807) is 12.4 Å². The number of hydrogen-bond acceptors (Lipinski definition) is 5. The van der Waals surface area contributed by atoms with Gasteiger partial charge in [0, 0.05) is 22.2 Å². The van der Waals surface area contributed by atoms with Crippen LogP contribution in [0.1, 0.15) is 45.2 Å². The summed E-state index contributed by atoms with van der Waals surface area (Å²) in [4.78, 5) is 21.6. The van der Waals surface area contributed by atoms with Crippen molar-refractivity contribution < 1.29 is 9.53 Å². The molecule has 0 spiro atoms. The molecule has 1 aromatic carbocycles. The van der Waals surface area contributed by atoms with Crippen molar-refractivity contribution in [3.05, 3.63) is 40.8 Å². The molecule has 1 fully saturated rings. The second-order valence-electron chi connectivity index (χ2n) is 7.49. The van der Waals surface area contributed by atoms with Crippen LogP contribution in [0.15, 0.2) is 35.1 Å². The molecule has 0 aliphatic heterocycles. The van der Waals surface area contributed by atoms with Crippen molar-refractivity contribution in [3.8, 4) is 11.3 Å². The van der Waals surface area contributed by atoms with Crippen molar-refractivity contribution in [1.29, 1.82) is 0 Å². The van der Waals surface area contributed by atoms with Crippen LogP contribution in [0.4, 0.5) is 4.79 Å². The molecular weight excluding hydrogens is 396 g/mol. The Labute approximate surface area is 159 Å². The maximum Gasteiger partial charge on any atom is 0.435 e. The van der Waals surface area contributed by atoms with Crippen LogP contribution in [-0.2, 0) is 4.74 Å². The van der Waals surface area contributed by atoms with E-state index in [1.807, 2.05) is 39.0 Å². The van der Waals surface area contributed by atoms with Crippen LogP contribution in [-0.4, -0.2) is 31.4 Å². The highest BCUT2D eigenvalue weighted by Gasteiger charge is 2.32. The normalized spacial score (nSPS) is 14.6. The Morgan fingerprint density at radius 2 is 2.08 bits per heavy atom. The molecule has 7 heteroatoms. The number of carbonyl (C=O) groups excluding carboxylic acids is 1. The zero-order valence-electron chi connectivity index (χ0n) is 14.9. The number of rotatable bonds is 2. The first-order valence-electron chi connectivity index (χ1n) is 8.56. The molecule has 0 radical (unpaired) electrons. The minimum atomic E-state index is -0.571. The summed E-state index contributed by atoms with van der Waals surface area (Å²) in [6.45, 7) is 5.51. The van der Waals surface area contributed by atoms with Crippen LogP contribution in [0, 0.1) is 0 Å². The second kappa shape index (κ2) is 6.16. The monoisotopic (exact) mass is 414 g/mol. The summed E-state index contributed by atoms with van der Waals surface area (Å²) in [6.07, 6.45) is 5.10. The second-order valence-corrected chi connectivity index (χ2v) is 8.34. The number of fused-ring (bicyclic) bond motifs is 1. The maximum atomic E-state index is 12.4. The molecule has 134 valence electrons. The Morgan fingerprint density at radius 3 is 2.77 bits per heavy atom. The summed E-state index contributed by atoms with van der Waals surface area (Å²) in [5.74, 6) is 0.369. The van der Waals surface area contributed by atoms with Crippen molar-refractivity contribution in [1.82, 2.24) is 19.7 Å². The Bertz CT molecular complexity index is 1000. The summed E-state index contributed by atoms with van der Waals surface area (Å²) in [5, 5.41) is 4.50. The third kappa shape index (κ3) is 3.35. The van der Waals surface area contributed by atoms with Crippen molar-refractivity contribution in [2.45, 2.75) is 45.1 Å². The highest BCUT2D eigenvalue weighted by atomic mass is 79.9. The smallest absolute Gasteiger partial charge is 0.435 e. The first kappa shape index (κ1) is 17.1. The van der Waals surface area contributed by atoms with Gasteiger partial charge in [0.25, 0.3) is 0 Å². The fraction of sp³-hybridized carbons (Fsp3) is 0.368. The Morgan fingerprint density at radius 1 is 1.31 bits per heavy atom. The van der Waals surface area contributed by atoms with Gasteiger partial charge in [-0.1, -0.05) is 6.07 Å². The van der Waals surface area contributed by atoms with Gasteiger partial charge in [-0.25, -0.2) is 9.78 Å². The van der Waals surface area contributed by atoms with Gasteiger partial charge < -0.3 is 4.74 Å². The van der Waals surface area contributed by atoms with Crippen molar-refractivity contribution in [2.24, 2.45) is 0 Å². The topological polar surface area (TPSA) is 69.9 Å². The predicted molar refractivity (Wildman–Crippen MR) is 102 cm³/mol. The van der Waals surface area contributed by atoms with E-state index in [9.17, 15) is 4.79 Å². The number of hydrogen-bond donors (Lipinski definition) is 0. The molecule has 1 saturated carbocycles. The quantitative estimate of drug-likeness (QED) is 0.595. The van der Waals surface area contributed by atoms with Gasteiger partial charge in [0.05, 0.1) is 23.1 Å². The summed E-state index contributed by atoms with van der Waals surface area (Å²) in [7, 11) is 0. The fourth-order valence-corrected chi connectivity index (χ4v) is 3.24. The Kier molecular flexibility index (Phi) is 4.06. The number of nitrogens with zero attached hydrogens (tertiary/aromatic N) is 4. The van der Waals surface area contributed by atoms with E-state index in [1.165, 1.54) is 4.68 Å². The highest BCUT2D eigenvalue weighted by Crippen LogP contribution is 2.43. The average molecular weight is 415 g/mol. The molecule has 2 heterocycles. The molecule has 2 aromatic heterocycles. The van der Waals surface area contributed by atoms with E-state index in [0.717, 1.165) is 39.6 Å². The first-order chi connectivity index (χ1) is 12.3. The molecule has 4 rings (SSSR count). The van der Waals surface area contributed by atoms with Gasteiger partial charge in [-0.3, -0.25) is 4.98 Å².